The number of sulfonamides is 1. The van der Waals surface area contributed by atoms with E-state index in [0.29, 0.717) is 5.56 Å². The van der Waals surface area contributed by atoms with Gasteiger partial charge in [0.05, 0.1) is 6.04 Å². The minimum absolute atomic E-state index is 0.0375. The van der Waals surface area contributed by atoms with Crippen LogP contribution in [0.3, 0.4) is 0 Å². The molecule has 26 heavy (non-hydrogen) atoms. The number of aromatic nitrogens is 1. The molecule has 1 unspecified atom stereocenters. The number of alkyl halides is 1. The van der Waals surface area contributed by atoms with E-state index in [4.69, 9.17) is 0 Å². The topological polar surface area (TPSA) is 62.0 Å². The van der Waals surface area contributed by atoms with Gasteiger partial charge in [0.15, 0.2) is 4.90 Å². The Kier molecular flexibility index (Phi) is 5.01. The largest absolute Gasteiger partial charge is 0.361 e. The van der Waals surface area contributed by atoms with E-state index in [-0.39, 0.29) is 18.6 Å². The first kappa shape index (κ1) is 18.4. The van der Waals surface area contributed by atoms with Gasteiger partial charge in [-0.05, 0) is 18.1 Å². The molecule has 3 rings (SSSR count). The van der Waals surface area contributed by atoms with Crippen LogP contribution in [0, 0.1) is 17.5 Å². The van der Waals surface area contributed by atoms with E-state index in [9.17, 15) is 26.0 Å². The monoisotopic (exact) mass is 386 g/mol. The molecule has 0 aliphatic rings. The van der Waals surface area contributed by atoms with Crippen LogP contribution in [0.2, 0.25) is 0 Å². The number of hydrogen-bond donors (Lipinski definition) is 2. The van der Waals surface area contributed by atoms with Gasteiger partial charge in [-0.1, -0.05) is 18.2 Å². The first-order chi connectivity index (χ1) is 12.3. The maximum Gasteiger partial charge on any atom is 0.246 e. The number of hydrogen-bond acceptors (Lipinski definition) is 2. The second-order valence-electron chi connectivity index (χ2n) is 5.73. The predicted octanol–water partition coefficient (Wildman–Crippen LogP) is 3.44. The maximum atomic E-state index is 13.7. The zero-order valence-corrected chi connectivity index (χ0v) is 14.1. The summed E-state index contributed by atoms with van der Waals surface area (Å²) < 4.78 is 80.3. The van der Waals surface area contributed by atoms with E-state index < -0.39 is 45.1 Å². The molecule has 0 saturated heterocycles. The maximum absolute atomic E-state index is 13.7. The van der Waals surface area contributed by atoms with Crippen molar-refractivity contribution in [1.82, 2.24) is 9.71 Å². The van der Waals surface area contributed by atoms with Gasteiger partial charge in [0, 0.05) is 29.2 Å². The van der Waals surface area contributed by atoms with Crippen LogP contribution in [0.1, 0.15) is 5.56 Å². The van der Waals surface area contributed by atoms with Crippen LogP contribution in [0.5, 0.6) is 0 Å². The van der Waals surface area contributed by atoms with E-state index >= 15 is 0 Å². The molecule has 0 spiro atoms. The highest BCUT2D eigenvalue weighted by Gasteiger charge is 2.28. The van der Waals surface area contributed by atoms with Crippen molar-refractivity contribution < 1.29 is 26.0 Å². The number of para-hydroxylation sites is 1. The summed E-state index contributed by atoms with van der Waals surface area (Å²) in [7, 11) is -4.72. The van der Waals surface area contributed by atoms with E-state index in [1.54, 1.807) is 30.5 Å². The van der Waals surface area contributed by atoms with Gasteiger partial charge in [-0.3, -0.25) is 0 Å². The highest BCUT2D eigenvalue weighted by atomic mass is 32.2. The Morgan fingerprint density at radius 1 is 1.08 bits per heavy atom. The molecule has 1 heterocycles. The number of rotatable bonds is 6. The third-order valence-electron chi connectivity index (χ3n) is 3.88. The van der Waals surface area contributed by atoms with E-state index in [0.717, 1.165) is 10.9 Å². The van der Waals surface area contributed by atoms with Crippen LogP contribution >= 0.6 is 0 Å². The summed E-state index contributed by atoms with van der Waals surface area (Å²) in [6, 6.07) is 6.42. The Morgan fingerprint density at radius 2 is 1.73 bits per heavy atom. The van der Waals surface area contributed by atoms with Gasteiger partial charge in [0.2, 0.25) is 10.0 Å². The van der Waals surface area contributed by atoms with Gasteiger partial charge < -0.3 is 4.98 Å². The summed E-state index contributed by atoms with van der Waals surface area (Å²) in [6.45, 7) is -1.09. The molecule has 0 saturated carbocycles. The van der Waals surface area contributed by atoms with Crippen molar-refractivity contribution in [2.75, 3.05) is 6.67 Å². The van der Waals surface area contributed by atoms with Crippen LogP contribution in [-0.2, 0) is 16.4 Å². The molecule has 4 nitrogen and oxygen atoms in total. The molecular weight excluding hydrogens is 372 g/mol. The SMILES string of the molecule is O=S(=O)(NC(CF)Cc1c[nH]c2ccccc12)c1c(F)cc(F)cc1F. The summed E-state index contributed by atoms with van der Waals surface area (Å²) in [5.74, 6) is -4.42. The quantitative estimate of drug-likeness (QED) is 0.638. The van der Waals surface area contributed by atoms with E-state index in [2.05, 4.69) is 4.98 Å². The fraction of sp³-hybridized carbons (Fsp3) is 0.176. The minimum atomic E-state index is -4.72. The average molecular weight is 386 g/mol. The number of halogens is 4. The molecule has 9 heteroatoms. The summed E-state index contributed by atoms with van der Waals surface area (Å²) in [5, 5.41) is 0.782. The second kappa shape index (κ2) is 7.08. The Bertz CT molecular complexity index is 1030. The highest BCUT2D eigenvalue weighted by Crippen LogP contribution is 2.22. The lowest BCUT2D eigenvalue weighted by Gasteiger charge is -2.16. The van der Waals surface area contributed by atoms with Crippen molar-refractivity contribution in [2.45, 2.75) is 17.4 Å². The van der Waals surface area contributed by atoms with Crippen LogP contribution < -0.4 is 4.72 Å². The second-order valence-corrected chi connectivity index (χ2v) is 7.39. The fourth-order valence-corrected chi connectivity index (χ4v) is 4.09. The van der Waals surface area contributed by atoms with Gasteiger partial charge >= 0.3 is 0 Å². The Balaban J connectivity index is 1.88. The molecule has 0 aliphatic heterocycles. The normalized spacial score (nSPS) is 13.2. The van der Waals surface area contributed by atoms with Crippen molar-refractivity contribution in [3.8, 4) is 0 Å². The number of nitrogens with one attached hydrogen (secondary N) is 2. The van der Waals surface area contributed by atoms with Gasteiger partial charge in [-0.25, -0.2) is 30.7 Å². The third-order valence-corrected chi connectivity index (χ3v) is 5.45. The predicted molar refractivity (Wildman–Crippen MR) is 88.4 cm³/mol. The highest BCUT2D eigenvalue weighted by molar-refractivity contribution is 7.89. The van der Waals surface area contributed by atoms with E-state index in [1.807, 2.05) is 4.72 Å². The number of benzene rings is 2. The molecular formula is C17H14F4N2O2S. The van der Waals surface area contributed by atoms with Crippen molar-refractivity contribution >= 4 is 20.9 Å². The lowest BCUT2D eigenvalue weighted by Crippen LogP contribution is -2.38. The standard InChI is InChI=1S/C17H14F4N2O2S/c18-8-12(5-10-9-22-16-4-2-1-3-13(10)16)23-26(24,25)17-14(20)6-11(19)7-15(17)21/h1-4,6-7,9,12,22-23H,5,8H2. The molecule has 3 aromatic rings. The minimum Gasteiger partial charge on any atom is -0.361 e. The summed E-state index contributed by atoms with van der Waals surface area (Å²) in [5.41, 5.74) is 1.43. The van der Waals surface area contributed by atoms with Crippen LogP contribution in [0.4, 0.5) is 17.6 Å². The summed E-state index contributed by atoms with van der Waals surface area (Å²) in [4.78, 5) is 1.64. The van der Waals surface area contributed by atoms with Crippen LogP contribution in [0.25, 0.3) is 10.9 Å². The molecule has 2 aromatic carbocycles. The van der Waals surface area contributed by atoms with Crippen LogP contribution in [-0.4, -0.2) is 26.1 Å². The van der Waals surface area contributed by atoms with Crippen molar-refractivity contribution in [3.05, 3.63) is 65.6 Å². The van der Waals surface area contributed by atoms with Crippen LogP contribution in [0.15, 0.2) is 47.5 Å². The van der Waals surface area contributed by atoms with Gasteiger partial charge in [0.25, 0.3) is 0 Å². The lowest BCUT2D eigenvalue weighted by molar-refractivity contribution is 0.402. The number of aromatic amines is 1. The van der Waals surface area contributed by atoms with Crippen molar-refractivity contribution in [2.24, 2.45) is 0 Å². The van der Waals surface area contributed by atoms with Crippen molar-refractivity contribution in [3.63, 3.8) is 0 Å². The molecule has 0 bridgehead atoms. The molecule has 138 valence electrons. The Hall–Kier alpha value is -2.39. The molecule has 1 atom stereocenters. The number of H-pyrrole nitrogens is 1. The summed E-state index contributed by atoms with van der Waals surface area (Å²) >= 11 is 0. The molecule has 0 amide bonds. The van der Waals surface area contributed by atoms with Crippen molar-refractivity contribution in [1.29, 1.82) is 0 Å². The Labute approximate surface area is 146 Å². The fourth-order valence-electron chi connectivity index (χ4n) is 2.76. The first-order valence-corrected chi connectivity index (χ1v) is 9.08. The molecule has 2 N–H and O–H groups in total. The molecule has 0 aliphatic carbocycles. The Morgan fingerprint density at radius 3 is 2.38 bits per heavy atom. The number of fused-ring (bicyclic) bond motifs is 1. The molecule has 0 fully saturated rings. The molecule has 0 radical (unpaired) electrons. The zero-order valence-electron chi connectivity index (χ0n) is 13.3. The van der Waals surface area contributed by atoms with E-state index in [1.165, 1.54) is 0 Å². The smallest absolute Gasteiger partial charge is 0.246 e. The molecule has 1 aromatic heterocycles. The zero-order chi connectivity index (χ0) is 18.9. The third kappa shape index (κ3) is 3.58. The van der Waals surface area contributed by atoms with Gasteiger partial charge in [0.1, 0.15) is 24.1 Å². The van der Waals surface area contributed by atoms with Gasteiger partial charge in [-0.2, -0.15) is 0 Å². The first-order valence-electron chi connectivity index (χ1n) is 7.59. The van der Waals surface area contributed by atoms with Gasteiger partial charge in [-0.15, -0.1) is 0 Å². The summed E-state index contributed by atoms with van der Waals surface area (Å²) in [6.07, 6.45) is 1.57. The lowest BCUT2D eigenvalue weighted by atomic mass is 10.1. The average Bonchev–Trinajstić information content (AvgIpc) is 2.96.